The Labute approximate surface area is 150 Å². The second-order valence-corrected chi connectivity index (χ2v) is 7.49. The molecule has 1 amide bonds. The third kappa shape index (κ3) is 3.17. The standard InChI is InChI=1S/C18H23F4N3O/c1-10(18(20,21)22)8-11-6-7-13(19)12(9-11)17(4)16(2,3)14(26)25(5)15(23)24-17/h6-7,9-10H,8H2,1-5H3,(H2,23,24)/t10?,17-/m1/s1. The van der Waals surface area contributed by atoms with E-state index in [0.717, 1.165) is 13.0 Å². The second kappa shape index (κ2) is 6.25. The number of guanidine groups is 1. The molecule has 144 valence electrons. The van der Waals surface area contributed by atoms with Gasteiger partial charge in [0.2, 0.25) is 5.91 Å². The van der Waals surface area contributed by atoms with Gasteiger partial charge in [0.1, 0.15) is 11.4 Å². The minimum absolute atomic E-state index is 0.0544. The van der Waals surface area contributed by atoms with Gasteiger partial charge in [0.15, 0.2) is 5.96 Å². The van der Waals surface area contributed by atoms with Crippen LogP contribution in [0.1, 0.15) is 38.8 Å². The topological polar surface area (TPSA) is 58.7 Å². The number of benzene rings is 1. The SMILES string of the molecule is CC(Cc1ccc(F)c([C@@]2(C)N=C(N)N(C)C(=O)C2(C)C)c1)C(F)(F)F. The van der Waals surface area contributed by atoms with Gasteiger partial charge in [-0.05, 0) is 38.8 Å². The number of hydrogen-bond acceptors (Lipinski definition) is 3. The Morgan fingerprint density at radius 1 is 1.27 bits per heavy atom. The molecule has 8 heteroatoms. The van der Waals surface area contributed by atoms with Crippen LogP contribution in [0.4, 0.5) is 17.6 Å². The van der Waals surface area contributed by atoms with Gasteiger partial charge in [0.05, 0.1) is 11.3 Å². The van der Waals surface area contributed by atoms with Gasteiger partial charge < -0.3 is 5.73 Å². The van der Waals surface area contributed by atoms with Gasteiger partial charge in [-0.1, -0.05) is 19.1 Å². The van der Waals surface area contributed by atoms with E-state index in [1.54, 1.807) is 20.8 Å². The molecule has 26 heavy (non-hydrogen) atoms. The van der Waals surface area contributed by atoms with E-state index in [1.807, 2.05) is 0 Å². The van der Waals surface area contributed by atoms with E-state index in [0.29, 0.717) is 5.56 Å². The largest absolute Gasteiger partial charge is 0.391 e. The Bertz CT molecular complexity index is 757. The molecule has 1 aromatic rings. The maximum absolute atomic E-state index is 14.6. The highest BCUT2D eigenvalue weighted by atomic mass is 19.4. The number of nitrogens with zero attached hydrogens (tertiary/aromatic N) is 2. The van der Waals surface area contributed by atoms with E-state index >= 15 is 0 Å². The number of halogens is 4. The van der Waals surface area contributed by atoms with Gasteiger partial charge in [0, 0.05) is 12.6 Å². The molecule has 2 N–H and O–H groups in total. The number of carbonyl (C=O) groups is 1. The summed E-state index contributed by atoms with van der Waals surface area (Å²) in [6, 6.07) is 3.79. The quantitative estimate of drug-likeness (QED) is 0.823. The van der Waals surface area contributed by atoms with Crippen LogP contribution in [0.5, 0.6) is 0 Å². The molecule has 1 aliphatic heterocycles. The van der Waals surface area contributed by atoms with E-state index < -0.39 is 28.9 Å². The number of alkyl halides is 3. The Morgan fingerprint density at radius 3 is 2.38 bits per heavy atom. The summed E-state index contributed by atoms with van der Waals surface area (Å²) in [4.78, 5) is 18.2. The first-order chi connectivity index (χ1) is 11.7. The molecule has 2 atom stereocenters. The molecule has 1 unspecified atom stereocenters. The molecule has 0 spiro atoms. The Balaban J connectivity index is 2.57. The van der Waals surface area contributed by atoms with Crippen LogP contribution in [0.15, 0.2) is 23.2 Å². The fourth-order valence-corrected chi connectivity index (χ4v) is 3.11. The number of hydrogen-bond donors (Lipinski definition) is 1. The molecular formula is C18H23F4N3O. The lowest BCUT2D eigenvalue weighted by Gasteiger charge is -2.46. The minimum Gasteiger partial charge on any atom is -0.369 e. The van der Waals surface area contributed by atoms with Crippen molar-refractivity contribution in [2.75, 3.05) is 7.05 Å². The van der Waals surface area contributed by atoms with E-state index in [2.05, 4.69) is 4.99 Å². The third-order valence-electron chi connectivity index (χ3n) is 5.39. The molecule has 4 nitrogen and oxygen atoms in total. The molecule has 1 heterocycles. The lowest BCUT2D eigenvalue weighted by molar-refractivity contribution is -0.169. The van der Waals surface area contributed by atoms with Gasteiger partial charge >= 0.3 is 6.18 Å². The first-order valence-corrected chi connectivity index (χ1v) is 8.21. The predicted octanol–water partition coefficient (Wildman–Crippen LogP) is 3.59. The van der Waals surface area contributed by atoms with Crippen LogP contribution in [0.2, 0.25) is 0 Å². The van der Waals surface area contributed by atoms with E-state index in [4.69, 9.17) is 5.73 Å². The molecular weight excluding hydrogens is 350 g/mol. The van der Waals surface area contributed by atoms with Crippen molar-refractivity contribution in [3.63, 3.8) is 0 Å². The number of carbonyl (C=O) groups excluding carboxylic acids is 1. The smallest absolute Gasteiger partial charge is 0.369 e. The molecule has 0 aromatic heterocycles. The van der Waals surface area contributed by atoms with Crippen molar-refractivity contribution >= 4 is 11.9 Å². The summed E-state index contributed by atoms with van der Waals surface area (Å²) in [7, 11) is 1.47. The molecule has 0 aliphatic carbocycles. The Kier molecular flexibility index (Phi) is 4.85. The summed E-state index contributed by atoms with van der Waals surface area (Å²) in [5.41, 5.74) is 3.71. The monoisotopic (exact) mass is 373 g/mol. The lowest BCUT2D eigenvalue weighted by atomic mass is 9.67. The zero-order chi connectivity index (χ0) is 20.1. The highest BCUT2D eigenvalue weighted by molar-refractivity contribution is 6.01. The summed E-state index contributed by atoms with van der Waals surface area (Å²) in [5.74, 6) is -2.63. The number of rotatable bonds is 3. The second-order valence-electron chi connectivity index (χ2n) is 7.49. The Morgan fingerprint density at radius 2 is 1.85 bits per heavy atom. The third-order valence-corrected chi connectivity index (χ3v) is 5.39. The average Bonchev–Trinajstić information content (AvgIpc) is 2.52. The Hall–Kier alpha value is -2.12. The highest BCUT2D eigenvalue weighted by Gasteiger charge is 2.53. The molecule has 0 saturated carbocycles. The van der Waals surface area contributed by atoms with Gasteiger partial charge in [-0.25, -0.2) is 9.38 Å². The first kappa shape index (κ1) is 20.2. The van der Waals surface area contributed by atoms with Crippen LogP contribution in [0.25, 0.3) is 0 Å². The molecule has 1 aromatic carbocycles. The van der Waals surface area contributed by atoms with Crippen molar-refractivity contribution < 1.29 is 22.4 Å². The van der Waals surface area contributed by atoms with Gasteiger partial charge in [-0.15, -0.1) is 0 Å². The molecule has 0 radical (unpaired) electrons. The first-order valence-electron chi connectivity index (χ1n) is 8.21. The normalized spacial score (nSPS) is 24.4. The van der Waals surface area contributed by atoms with Crippen LogP contribution >= 0.6 is 0 Å². The zero-order valence-corrected chi connectivity index (χ0v) is 15.4. The van der Waals surface area contributed by atoms with Gasteiger partial charge in [-0.3, -0.25) is 9.69 Å². The summed E-state index contributed by atoms with van der Waals surface area (Å²) >= 11 is 0. The zero-order valence-electron chi connectivity index (χ0n) is 15.4. The van der Waals surface area contributed by atoms with E-state index in [9.17, 15) is 22.4 Å². The lowest BCUT2D eigenvalue weighted by Crippen LogP contribution is -2.58. The molecule has 1 aliphatic rings. The number of nitrogens with two attached hydrogens (primary N) is 1. The van der Waals surface area contributed by atoms with Crippen molar-refractivity contribution in [2.24, 2.45) is 22.1 Å². The number of aliphatic imine (C=N–C) groups is 1. The van der Waals surface area contributed by atoms with Crippen LogP contribution < -0.4 is 5.73 Å². The maximum atomic E-state index is 14.6. The molecule has 0 fully saturated rings. The average molecular weight is 373 g/mol. The molecule has 0 saturated heterocycles. The fourth-order valence-electron chi connectivity index (χ4n) is 3.11. The van der Waals surface area contributed by atoms with Crippen molar-refractivity contribution in [3.8, 4) is 0 Å². The summed E-state index contributed by atoms with van der Waals surface area (Å²) in [6.07, 6.45) is -4.63. The molecule has 2 rings (SSSR count). The summed E-state index contributed by atoms with van der Waals surface area (Å²) in [6.45, 7) is 5.88. The van der Waals surface area contributed by atoms with E-state index in [-0.39, 0.29) is 23.9 Å². The highest BCUT2D eigenvalue weighted by Crippen LogP contribution is 2.47. The summed E-state index contributed by atoms with van der Waals surface area (Å²) < 4.78 is 53.2. The fraction of sp³-hybridized carbons (Fsp3) is 0.556. The van der Waals surface area contributed by atoms with Crippen LogP contribution in [0, 0.1) is 17.2 Å². The number of amides is 1. The maximum Gasteiger partial charge on any atom is 0.391 e. The minimum atomic E-state index is -4.34. The summed E-state index contributed by atoms with van der Waals surface area (Å²) in [5, 5.41) is 0. The van der Waals surface area contributed by atoms with Crippen molar-refractivity contribution in [3.05, 3.63) is 35.1 Å². The van der Waals surface area contributed by atoms with Crippen LogP contribution in [-0.4, -0.2) is 30.0 Å². The van der Waals surface area contributed by atoms with E-state index in [1.165, 1.54) is 24.1 Å². The predicted molar refractivity (Wildman–Crippen MR) is 90.8 cm³/mol. The van der Waals surface area contributed by atoms with Crippen LogP contribution in [-0.2, 0) is 16.8 Å². The van der Waals surface area contributed by atoms with Gasteiger partial charge in [-0.2, -0.15) is 13.2 Å². The molecule has 0 bridgehead atoms. The van der Waals surface area contributed by atoms with Crippen molar-refractivity contribution in [1.82, 2.24) is 4.90 Å². The van der Waals surface area contributed by atoms with Crippen LogP contribution in [0.3, 0.4) is 0 Å². The van der Waals surface area contributed by atoms with Crippen molar-refractivity contribution in [1.29, 1.82) is 0 Å². The van der Waals surface area contributed by atoms with Crippen molar-refractivity contribution in [2.45, 2.75) is 45.8 Å². The van der Waals surface area contributed by atoms with Gasteiger partial charge in [0.25, 0.3) is 0 Å².